The molecule has 2 atom stereocenters. The van der Waals surface area contributed by atoms with E-state index in [1.807, 2.05) is 26.1 Å². The molecule has 1 aromatic rings. The molecule has 0 saturated carbocycles. The average molecular weight is 296 g/mol. The molecule has 1 aliphatic heterocycles. The molecule has 0 bridgehead atoms. The summed E-state index contributed by atoms with van der Waals surface area (Å²) in [6, 6.07) is 7.58. The Morgan fingerprint density at radius 3 is 3.00 bits per heavy atom. The Hall–Kier alpha value is -1.10. The molecule has 0 spiro atoms. The predicted molar refractivity (Wildman–Crippen MR) is 83.2 cm³/mol. The number of halogens is 1. The molecule has 2 unspecified atom stereocenters. The van der Waals surface area contributed by atoms with E-state index in [0.29, 0.717) is 11.1 Å². The largest absolute Gasteiger partial charge is 0.325 e. The molecule has 1 amide bonds. The number of rotatable bonds is 4. The molecule has 5 heteroatoms. The fourth-order valence-electron chi connectivity index (χ4n) is 2.57. The van der Waals surface area contributed by atoms with E-state index in [1.54, 1.807) is 12.1 Å². The quantitative estimate of drug-likeness (QED) is 0.896. The van der Waals surface area contributed by atoms with E-state index >= 15 is 0 Å². The Morgan fingerprint density at radius 1 is 1.50 bits per heavy atom. The molecule has 1 aromatic carbocycles. The highest BCUT2D eigenvalue weighted by Crippen LogP contribution is 2.17. The molecule has 2 rings (SSSR count). The minimum atomic E-state index is -0.134. The molecular weight excluding hydrogens is 274 g/mol. The van der Waals surface area contributed by atoms with Crippen LogP contribution in [0.1, 0.15) is 19.8 Å². The Balaban J connectivity index is 1.94. The number of hydrogen-bond donors (Lipinski definition) is 2. The molecule has 1 fully saturated rings. The number of anilines is 1. The summed E-state index contributed by atoms with van der Waals surface area (Å²) in [5, 5.41) is 6.85. The Morgan fingerprint density at radius 2 is 2.30 bits per heavy atom. The molecule has 110 valence electrons. The zero-order valence-electron chi connectivity index (χ0n) is 12.0. The van der Waals surface area contributed by atoms with Gasteiger partial charge in [0.25, 0.3) is 0 Å². The summed E-state index contributed by atoms with van der Waals surface area (Å²) in [6.45, 7) is 3.85. The van der Waals surface area contributed by atoms with E-state index in [1.165, 1.54) is 6.42 Å². The van der Waals surface area contributed by atoms with Crippen molar-refractivity contribution < 1.29 is 4.79 Å². The van der Waals surface area contributed by atoms with Gasteiger partial charge in [-0.25, -0.2) is 0 Å². The number of amides is 1. The van der Waals surface area contributed by atoms with Crippen molar-refractivity contribution in [3.63, 3.8) is 0 Å². The number of benzene rings is 1. The van der Waals surface area contributed by atoms with E-state index in [0.717, 1.165) is 25.2 Å². The van der Waals surface area contributed by atoms with Gasteiger partial charge in [-0.15, -0.1) is 0 Å². The van der Waals surface area contributed by atoms with Gasteiger partial charge >= 0.3 is 0 Å². The van der Waals surface area contributed by atoms with Crippen molar-refractivity contribution in [2.24, 2.45) is 0 Å². The Labute approximate surface area is 125 Å². The molecule has 0 aliphatic carbocycles. The van der Waals surface area contributed by atoms with Crippen LogP contribution in [0.2, 0.25) is 5.02 Å². The molecular formula is C15H22ClN3O. The maximum atomic E-state index is 12.3. The molecule has 0 radical (unpaired) electrons. The van der Waals surface area contributed by atoms with Gasteiger partial charge in [0.05, 0.1) is 6.04 Å². The molecule has 0 aromatic heterocycles. The van der Waals surface area contributed by atoms with Crippen LogP contribution in [0.4, 0.5) is 5.69 Å². The van der Waals surface area contributed by atoms with E-state index in [2.05, 4.69) is 15.5 Å². The number of likely N-dealkylation sites (tertiary alicyclic amines) is 1. The second-order valence-corrected chi connectivity index (χ2v) is 5.73. The summed E-state index contributed by atoms with van der Waals surface area (Å²) in [6.07, 6.45) is 2.30. The topological polar surface area (TPSA) is 44.4 Å². The number of piperidine rings is 1. The number of likely N-dealkylation sites (N-methyl/N-ethyl adjacent to an activating group) is 1. The van der Waals surface area contributed by atoms with E-state index in [4.69, 9.17) is 11.6 Å². The van der Waals surface area contributed by atoms with E-state index < -0.39 is 0 Å². The summed E-state index contributed by atoms with van der Waals surface area (Å²) in [5.74, 6) is 0.0176. The van der Waals surface area contributed by atoms with Gasteiger partial charge in [0.2, 0.25) is 5.91 Å². The van der Waals surface area contributed by atoms with Crippen LogP contribution in [0.15, 0.2) is 24.3 Å². The standard InChI is InChI=1S/C15H22ClN3O/c1-11(19-8-4-7-14(10-19)17-2)15(20)18-13-6-3-5-12(16)9-13/h3,5-6,9,11,14,17H,4,7-8,10H2,1-2H3,(H,18,20). The maximum absolute atomic E-state index is 12.3. The molecule has 1 aliphatic rings. The van der Waals surface area contributed by atoms with Crippen molar-refractivity contribution in [3.8, 4) is 0 Å². The third-order valence-electron chi connectivity index (χ3n) is 3.88. The average Bonchev–Trinajstić information content (AvgIpc) is 2.46. The summed E-state index contributed by atoms with van der Waals surface area (Å²) in [7, 11) is 1.98. The van der Waals surface area contributed by atoms with Crippen LogP contribution in [0, 0.1) is 0 Å². The minimum Gasteiger partial charge on any atom is -0.325 e. The fraction of sp³-hybridized carbons (Fsp3) is 0.533. The number of carbonyl (C=O) groups is 1. The second-order valence-electron chi connectivity index (χ2n) is 5.30. The fourth-order valence-corrected chi connectivity index (χ4v) is 2.76. The highest BCUT2D eigenvalue weighted by atomic mass is 35.5. The van der Waals surface area contributed by atoms with Crippen LogP contribution in [0.3, 0.4) is 0 Å². The van der Waals surface area contributed by atoms with E-state index in [9.17, 15) is 4.79 Å². The summed E-state index contributed by atoms with van der Waals surface area (Å²) in [4.78, 5) is 14.5. The number of hydrogen-bond acceptors (Lipinski definition) is 3. The van der Waals surface area contributed by atoms with Gasteiger partial charge < -0.3 is 10.6 Å². The first-order chi connectivity index (χ1) is 9.60. The monoisotopic (exact) mass is 295 g/mol. The maximum Gasteiger partial charge on any atom is 0.241 e. The summed E-state index contributed by atoms with van der Waals surface area (Å²) < 4.78 is 0. The van der Waals surface area contributed by atoms with Crippen molar-refractivity contribution >= 4 is 23.2 Å². The molecule has 4 nitrogen and oxygen atoms in total. The zero-order valence-corrected chi connectivity index (χ0v) is 12.8. The highest BCUT2D eigenvalue weighted by molar-refractivity contribution is 6.30. The lowest BCUT2D eigenvalue weighted by molar-refractivity contribution is -0.121. The van der Waals surface area contributed by atoms with Crippen LogP contribution >= 0.6 is 11.6 Å². The van der Waals surface area contributed by atoms with Crippen LogP contribution in [-0.4, -0.2) is 43.0 Å². The third-order valence-corrected chi connectivity index (χ3v) is 4.12. The highest BCUT2D eigenvalue weighted by Gasteiger charge is 2.26. The number of carbonyl (C=O) groups excluding carboxylic acids is 1. The van der Waals surface area contributed by atoms with Crippen LogP contribution in [0.25, 0.3) is 0 Å². The first kappa shape index (κ1) is 15.3. The Kier molecular flexibility index (Phi) is 5.40. The van der Waals surface area contributed by atoms with Gasteiger partial charge in [-0.05, 0) is 51.6 Å². The Bertz CT molecular complexity index is 466. The van der Waals surface area contributed by atoms with Crippen LogP contribution in [0.5, 0.6) is 0 Å². The lowest BCUT2D eigenvalue weighted by Gasteiger charge is -2.35. The lowest BCUT2D eigenvalue weighted by atomic mass is 10.0. The van der Waals surface area contributed by atoms with Gasteiger partial charge in [0, 0.05) is 23.3 Å². The molecule has 20 heavy (non-hydrogen) atoms. The molecule has 1 saturated heterocycles. The first-order valence-corrected chi connectivity index (χ1v) is 7.45. The van der Waals surface area contributed by atoms with Crippen molar-refractivity contribution in [3.05, 3.63) is 29.3 Å². The van der Waals surface area contributed by atoms with Crippen molar-refractivity contribution in [1.29, 1.82) is 0 Å². The van der Waals surface area contributed by atoms with Crippen LogP contribution in [-0.2, 0) is 4.79 Å². The summed E-state index contributed by atoms with van der Waals surface area (Å²) in [5.41, 5.74) is 0.747. The molecule has 1 heterocycles. The zero-order chi connectivity index (χ0) is 14.5. The molecule has 2 N–H and O–H groups in total. The first-order valence-electron chi connectivity index (χ1n) is 7.08. The smallest absolute Gasteiger partial charge is 0.241 e. The number of nitrogens with one attached hydrogen (secondary N) is 2. The van der Waals surface area contributed by atoms with Crippen molar-refractivity contribution in [1.82, 2.24) is 10.2 Å². The predicted octanol–water partition coefficient (Wildman–Crippen LogP) is 2.35. The van der Waals surface area contributed by atoms with Crippen molar-refractivity contribution in [2.75, 3.05) is 25.5 Å². The van der Waals surface area contributed by atoms with E-state index in [-0.39, 0.29) is 11.9 Å². The lowest BCUT2D eigenvalue weighted by Crippen LogP contribution is -2.51. The second kappa shape index (κ2) is 7.07. The van der Waals surface area contributed by atoms with Crippen molar-refractivity contribution in [2.45, 2.75) is 31.8 Å². The summed E-state index contributed by atoms with van der Waals surface area (Å²) >= 11 is 5.92. The van der Waals surface area contributed by atoms with Gasteiger partial charge in [-0.3, -0.25) is 9.69 Å². The van der Waals surface area contributed by atoms with Gasteiger partial charge in [-0.2, -0.15) is 0 Å². The van der Waals surface area contributed by atoms with Gasteiger partial charge in [-0.1, -0.05) is 17.7 Å². The van der Waals surface area contributed by atoms with Gasteiger partial charge in [0.15, 0.2) is 0 Å². The minimum absolute atomic E-state index is 0.0176. The van der Waals surface area contributed by atoms with Crippen LogP contribution < -0.4 is 10.6 Å². The SMILES string of the molecule is CNC1CCCN(C(C)C(=O)Nc2cccc(Cl)c2)C1. The normalized spacial score (nSPS) is 21.4. The third kappa shape index (κ3) is 3.95. The van der Waals surface area contributed by atoms with Gasteiger partial charge in [0.1, 0.15) is 0 Å². The number of nitrogens with zero attached hydrogens (tertiary/aromatic N) is 1.